The molecule has 3 atom stereocenters. The van der Waals surface area contributed by atoms with E-state index in [4.69, 9.17) is 0 Å². The zero-order chi connectivity index (χ0) is 19.1. The van der Waals surface area contributed by atoms with Gasteiger partial charge in [0.05, 0.1) is 22.9 Å². The molecule has 0 unspecified atom stereocenters. The van der Waals surface area contributed by atoms with Gasteiger partial charge in [0.2, 0.25) is 5.91 Å². The highest BCUT2D eigenvalue weighted by molar-refractivity contribution is 5.83. The lowest BCUT2D eigenvalue weighted by molar-refractivity contribution is -0.123. The number of imidazole rings is 1. The summed E-state index contributed by atoms with van der Waals surface area (Å²) in [6.07, 6.45) is 6.78. The van der Waals surface area contributed by atoms with Crippen LogP contribution in [0.15, 0.2) is 42.7 Å². The van der Waals surface area contributed by atoms with Crippen molar-refractivity contribution in [3.63, 3.8) is 0 Å². The van der Waals surface area contributed by atoms with E-state index in [0.717, 1.165) is 60.5 Å². The van der Waals surface area contributed by atoms with Crippen LogP contribution in [0.3, 0.4) is 0 Å². The normalized spacial score (nSPS) is 24.3. The minimum atomic E-state index is 0.0385. The molecule has 6 heteroatoms. The number of hydrogen-bond donors (Lipinski definition) is 2. The van der Waals surface area contributed by atoms with E-state index < -0.39 is 0 Å². The van der Waals surface area contributed by atoms with Crippen molar-refractivity contribution in [1.82, 2.24) is 20.3 Å². The van der Waals surface area contributed by atoms with Gasteiger partial charge in [0.25, 0.3) is 0 Å². The van der Waals surface area contributed by atoms with Crippen LogP contribution in [0, 0.1) is 12.8 Å². The number of hydrogen-bond acceptors (Lipinski definition) is 4. The summed E-state index contributed by atoms with van der Waals surface area (Å²) >= 11 is 0. The molecule has 6 nitrogen and oxygen atoms in total. The number of aryl methyl sites for hydroxylation is 1. The second-order valence-electron chi connectivity index (χ2n) is 8.10. The molecule has 2 fully saturated rings. The molecule has 1 amide bonds. The highest BCUT2D eigenvalue weighted by Gasteiger charge is 2.46. The predicted molar refractivity (Wildman–Crippen MR) is 109 cm³/mol. The zero-order valence-corrected chi connectivity index (χ0v) is 16.1. The van der Waals surface area contributed by atoms with Crippen molar-refractivity contribution < 1.29 is 4.79 Å². The van der Waals surface area contributed by atoms with E-state index in [1.54, 1.807) is 0 Å². The first-order chi connectivity index (χ1) is 13.7. The largest absolute Gasteiger partial charge is 0.368 e. The number of rotatable bonds is 4. The molecule has 1 aliphatic heterocycles. The molecule has 3 heterocycles. The summed E-state index contributed by atoms with van der Waals surface area (Å²) in [5.41, 5.74) is 4.32. The van der Waals surface area contributed by atoms with Crippen LogP contribution in [-0.2, 0) is 4.79 Å². The number of benzene rings is 1. The molecule has 144 valence electrons. The average molecular weight is 375 g/mol. The van der Waals surface area contributed by atoms with Gasteiger partial charge in [-0.15, -0.1) is 0 Å². The summed E-state index contributed by atoms with van der Waals surface area (Å²) in [5, 5.41) is 3.29. The Kier molecular flexibility index (Phi) is 4.26. The molecule has 3 aromatic rings. The lowest BCUT2D eigenvalue weighted by Gasteiger charge is -2.34. The Morgan fingerprint density at radius 3 is 3.04 bits per heavy atom. The van der Waals surface area contributed by atoms with Crippen molar-refractivity contribution in [3.8, 4) is 0 Å². The minimum absolute atomic E-state index is 0.0385. The maximum absolute atomic E-state index is 12.8. The quantitative estimate of drug-likeness (QED) is 0.735. The van der Waals surface area contributed by atoms with Crippen LogP contribution < -0.4 is 10.2 Å². The molecule has 1 aliphatic carbocycles. The molecule has 2 N–H and O–H groups in total. The van der Waals surface area contributed by atoms with Crippen molar-refractivity contribution in [2.75, 3.05) is 18.0 Å². The van der Waals surface area contributed by atoms with Crippen LogP contribution >= 0.6 is 0 Å². The topological polar surface area (TPSA) is 73.9 Å². The first-order valence-corrected chi connectivity index (χ1v) is 10.1. The Morgan fingerprint density at radius 1 is 1.29 bits per heavy atom. The lowest BCUT2D eigenvalue weighted by Crippen LogP contribution is -2.48. The van der Waals surface area contributed by atoms with Crippen molar-refractivity contribution in [2.24, 2.45) is 5.92 Å². The first-order valence-electron chi connectivity index (χ1n) is 10.1. The number of amides is 1. The number of aromatic nitrogens is 3. The van der Waals surface area contributed by atoms with E-state index in [2.05, 4.69) is 38.2 Å². The second kappa shape index (κ2) is 6.93. The van der Waals surface area contributed by atoms with Gasteiger partial charge < -0.3 is 15.2 Å². The summed E-state index contributed by atoms with van der Waals surface area (Å²) in [7, 11) is 0. The number of fused-ring (bicyclic) bond motifs is 1. The summed E-state index contributed by atoms with van der Waals surface area (Å²) in [6, 6.07) is 10.4. The monoisotopic (exact) mass is 375 g/mol. The Hall–Kier alpha value is -2.89. The fourth-order valence-electron chi connectivity index (χ4n) is 4.28. The van der Waals surface area contributed by atoms with E-state index >= 15 is 0 Å². The summed E-state index contributed by atoms with van der Waals surface area (Å²) in [4.78, 5) is 27.5. The molecule has 1 saturated carbocycles. The third-order valence-corrected chi connectivity index (χ3v) is 5.88. The minimum Gasteiger partial charge on any atom is -0.368 e. The van der Waals surface area contributed by atoms with Gasteiger partial charge in [-0.1, -0.05) is 12.1 Å². The molecule has 0 spiro atoms. The molecule has 0 bridgehead atoms. The van der Waals surface area contributed by atoms with Gasteiger partial charge in [-0.3, -0.25) is 9.78 Å². The van der Waals surface area contributed by atoms with Crippen molar-refractivity contribution in [3.05, 3.63) is 54.1 Å². The average Bonchev–Trinajstić information content (AvgIpc) is 3.40. The van der Waals surface area contributed by atoms with E-state index in [1.165, 1.54) is 0 Å². The number of H-pyrrole nitrogens is 1. The molecule has 0 radical (unpaired) electrons. The van der Waals surface area contributed by atoms with Gasteiger partial charge in [-0.05, 0) is 49.9 Å². The Morgan fingerprint density at radius 2 is 2.18 bits per heavy atom. The third-order valence-electron chi connectivity index (χ3n) is 5.88. The highest BCUT2D eigenvalue weighted by Crippen LogP contribution is 2.46. The molecule has 2 aromatic heterocycles. The zero-order valence-electron chi connectivity index (χ0n) is 16.1. The Bertz CT molecular complexity index is 980. The number of aromatic amines is 1. The summed E-state index contributed by atoms with van der Waals surface area (Å²) in [6.45, 7) is 3.92. The third kappa shape index (κ3) is 3.35. The fraction of sp³-hybridized carbons (Fsp3) is 0.409. The van der Waals surface area contributed by atoms with Crippen LogP contribution in [-0.4, -0.2) is 40.0 Å². The Balaban J connectivity index is 1.21. The van der Waals surface area contributed by atoms with Crippen molar-refractivity contribution >= 4 is 22.6 Å². The standard InChI is InChI=1S/C22H25N5O/c1-14-9-16(12-23-11-14)27-8-4-5-15(13-27)24-22(28)18-10-17(18)21-25-19-6-2-3-7-20(19)26-21/h2-3,6-7,9,11-12,15,17-18H,4-5,8,10,13H2,1H3,(H,24,28)(H,25,26)/t15-,17+,18+/m1/s1. The molecule has 1 aromatic carbocycles. The molecule has 28 heavy (non-hydrogen) atoms. The van der Waals surface area contributed by atoms with Gasteiger partial charge in [-0.2, -0.15) is 0 Å². The number of anilines is 1. The number of carbonyl (C=O) groups is 1. The Labute approximate surface area is 164 Å². The number of para-hydroxylation sites is 2. The molecular formula is C22H25N5O. The smallest absolute Gasteiger partial charge is 0.224 e. The predicted octanol–water partition coefficient (Wildman–Crippen LogP) is 3.16. The van der Waals surface area contributed by atoms with Crippen LogP contribution in [0.4, 0.5) is 5.69 Å². The van der Waals surface area contributed by atoms with Crippen LogP contribution in [0.1, 0.15) is 36.6 Å². The SMILES string of the molecule is Cc1cncc(N2CCC[C@@H](NC(=O)[C@H]3C[C@@H]3c3nc4ccccc4[nH]3)C2)c1. The number of piperidine rings is 1. The highest BCUT2D eigenvalue weighted by atomic mass is 16.2. The first kappa shape index (κ1) is 17.2. The van der Waals surface area contributed by atoms with E-state index in [0.29, 0.717) is 0 Å². The maximum Gasteiger partial charge on any atom is 0.224 e. The maximum atomic E-state index is 12.8. The van der Waals surface area contributed by atoms with E-state index in [9.17, 15) is 4.79 Å². The number of nitrogens with zero attached hydrogens (tertiary/aromatic N) is 3. The molecule has 5 rings (SSSR count). The fourth-order valence-corrected chi connectivity index (χ4v) is 4.28. The van der Waals surface area contributed by atoms with Crippen molar-refractivity contribution in [1.29, 1.82) is 0 Å². The number of nitrogens with one attached hydrogen (secondary N) is 2. The van der Waals surface area contributed by atoms with Gasteiger partial charge in [0.15, 0.2) is 0 Å². The van der Waals surface area contributed by atoms with Crippen LogP contribution in [0.2, 0.25) is 0 Å². The lowest BCUT2D eigenvalue weighted by atomic mass is 10.0. The van der Waals surface area contributed by atoms with Gasteiger partial charge >= 0.3 is 0 Å². The second-order valence-corrected chi connectivity index (χ2v) is 8.10. The van der Waals surface area contributed by atoms with E-state index in [-0.39, 0.29) is 23.8 Å². The number of pyridine rings is 1. The van der Waals surface area contributed by atoms with Gasteiger partial charge in [-0.25, -0.2) is 4.98 Å². The van der Waals surface area contributed by atoms with Crippen LogP contribution in [0.5, 0.6) is 0 Å². The van der Waals surface area contributed by atoms with Gasteiger partial charge in [0, 0.05) is 37.2 Å². The molecule has 1 saturated heterocycles. The van der Waals surface area contributed by atoms with Crippen molar-refractivity contribution in [2.45, 2.75) is 38.1 Å². The number of carbonyl (C=O) groups excluding carboxylic acids is 1. The van der Waals surface area contributed by atoms with Gasteiger partial charge in [0.1, 0.15) is 5.82 Å². The molecular weight excluding hydrogens is 350 g/mol. The van der Waals surface area contributed by atoms with Crippen LogP contribution in [0.25, 0.3) is 11.0 Å². The summed E-state index contributed by atoms with van der Waals surface area (Å²) in [5.74, 6) is 1.36. The summed E-state index contributed by atoms with van der Waals surface area (Å²) < 4.78 is 0. The molecule has 2 aliphatic rings. The van der Waals surface area contributed by atoms with E-state index in [1.807, 2.05) is 36.7 Å².